The van der Waals surface area contributed by atoms with E-state index in [4.69, 9.17) is 4.42 Å². The molecule has 1 amide bonds. The van der Waals surface area contributed by atoms with Crippen molar-refractivity contribution in [2.45, 2.75) is 0 Å². The SMILES string of the molecule is N#C/C(=C/c1ccc(-c2ccc([N+](=O)[O-])cc2[N+](=O)[O-])o1)C(=O)Nc1ccc(Br)cc1. The fourth-order valence-electron chi connectivity index (χ4n) is 2.59. The van der Waals surface area contributed by atoms with E-state index in [0.717, 1.165) is 16.6 Å². The van der Waals surface area contributed by atoms with Crippen molar-refractivity contribution in [1.29, 1.82) is 5.26 Å². The molecule has 0 fully saturated rings. The molecule has 3 aromatic rings. The molecule has 11 heteroatoms. The first-order valence-corrected chi connectivity index (χ1v) is 9.29. The summed E-state index contributed by atoms with van der Waals surface area (Å²) in [7, 11) is 0. The van der Waals surface area contributed by atoms with Gasteiger partial charge in [-0.3, -0.25) is 25.0 Å². The van der Waals surface area contributed by atoms with E-state index in [1.54, 1.807) is 30.3 Å². The van der Waals surface area contributed by atoms with Gasteiger partial charge < -0.3 is 9.73 Å². The number of carbonyl (C=O) groups is 1. The standard InChI is InChI=1S/C20H11BrN4O6/c21-13-1-3-14(4-2-13)23-20(26)12(11-22)9-16-6-8-19(31-16)17-7-5-15(24(27)28)10-18(17)25(29)30/h1-10H,(H,23,26)/b12-9-. The molecule has 0 atom stereocenters. The molecule has 0 radical (unpaired) electrons. The van der Waals surface area contributed by atoms with Crippen LogP contribution in [-0.2, 0) is 4.79 Å². The summed E-state index contributed by atoms with van der Waals surface area (Å²) in [6, 6.07) is 14.5. The van der Waals surface area contributed by atoms with Gasteiger partial charge >= 0.3 is 0 Å². The second-order valence-electron chi connectivity index (χ2n) is 6.05. The van der Waals surface area contributed by atoms with E-state index in [1.165, 1.54) is 24.3 Å². The van der Waals surface area contributed by atoms with Crippen LogP contribution in [0.1, 0.15) is 5.76 Å². The largest absolute Gasteiger partial charge is 0.456 e. The zero-order chi connectivity index (χ0) is 22.5. The molecular weight excluding hydrogens is 472 g/mol. The van der Waals surface area contributed by atoms with Crippen LogP contribution in [0.25, 0.3) is 17.4 Å². The number of nitro benzene ring substituents is 2. The molecule has 10 nitrogen and oxygen atoms in total. The van der Waals surface area contributed by atoms with Crippen molar-refractivity contribution in [2.75, 3.05) is 5.32 Å². The van der Waals surface area contributed by atoms with Crippen molar-refractivity contribution in [3.8, 4) is 17.4 Å². The maximum absolute atomic E-state index is 12.3. The van der Waals surface area contributed by atoms with Crippen LogP contribution >= 0.6 is 15.9 Å². The number of anilines is 1. The fourth-order valence-corrected chi connectivity index (χ4v) is 2.86. The number of amides is 1. The van der Waals surface area contributed by atoms with Gasteiger partial charge in [0, 0.05) is 22.3 Å². The first kappa shape index (κ1) is 21.4. The van der Waals surface area contributed by atoms with Crippen LogP contribution in [0.5, 0.6) is 0 Å². The third-order valence-corrected chi connectivity index (χ3v) is 4.56. The summed E-state index contributed by atoms with van der Waals surface area (Å²) in [5, 5.41) is 34.1. The summed E-state index contributed by atoms with van der Waals surface area (Å²) in [5.74, 6) is -0.507. The molecule has 0 bridgehead atoms. The Kier molecular flexibility index (Phi) is 6.23. The lowest BCUT2D eigenvalue weighted by molar-refractivity contribution is -0.393. The number of hydrogen-bond donors (Lipinski definition) is 1. The van der Waals surface area contributed by atoms with Crippen LogP contribution in [0.4, 0.5) is 17.1 Å². The molecule has 0 unspecified atom stereocenters. The summed E-state index contributed by atoms with van der Waals surface area (Å²) >= 11 is 3.28. The summed E-state index contributed by atoms with van der Waals surface area (Å²) in [6.07, 6.45) is 1.19. The third kappa shape index (κ3) is 5.01. The molecule has 0 spiro atoms. The second-order valence-corrected chi connectivity index (χ2v) is 6.96. The molecule has 1 heterocycles. The molecular formula is C20H11BrN4O6. The topological polar surface area (TPSA) is 152 Å². The lowest BCUT2D eigenvalue weighted by Gasteiger charge is -2.04. The lowest BCUT2D eigenvalue weighted by Crippen LogP contribution is -2.13. The maximum atomic E-state index is 12.3. The summed E-state index contributed by atoms with van der Waals surface area (Å²) in [4.78, 5) is 33.0. The Labute approximate surface area is 182 Å². The van der Waals surface area contributed by atoms with E-state index in [2.05, 4.69) is 21.2 Å². The number of furan rings is 1. The molecule has 1 aromatic heterocycles. The fraction of sp³-hybridized carbons (Fsp3) is 0. The normalized spacial score (nSPS) is 10.9. The van der Waals surface area contributed by atoms with Crippen LogP contribution in [-0.4, -0.2) is 15.8 Å². The predicted octanol–water partition coefficient (Wildman–Crippen LogP) is 5.07. The number of benzene rings is 2. The Balaban J connectivity index is 1.88. The quantitative estimate of drug-likeness (QED) is 0.222. The Bertz CT molecular complexity index is 1260. The summed E-state index contributed by atoms with van der Waals surface area (Å²) < 4.78 is 6.35. The number of carbonyl (C=O) groups excluding carboxylic acids is 1. The predicted molar refractivity (Wildman–Crippen MR) is 114 cm³/mol. The molecule has 31 heavy (non-hydrogen) atoms. The van der Waals surface area contributed by atoms with Gasteiger partial charge in [0.25, 0.3) is 17.3 Å². The Morgan fingerprint density at radius 2 is 1.77 bits per heavy atom. The monoisotopic (exact) mass is 482 g/mol. The number of nitrogens with zero attached hydrogens (tertiary/aromatic N) is 3. The van der Waals surface area contributed by atoms with Crippen LogP contribution in [0.15, 0.2) is 69.1 Å². The van der Waals surface area contributed by atoms with Gasteiger partial charge in [-0.2, -0.15) is 5.26 Å². The van der Waals surface area contributed by atoms with Gasteiger partial charge in [-0.15, -0.1) is 0 Å². The second kappa shape index (κ2) is 9.02. The number of nitriles is 1. The molecule has 0 aliphatic rings. The number of non-ortho nitro benzene ring substituents is 1. The Morgan fingerprint density at radius 3 is 2.39 bits per heavy atom. The van der Waals surface area contributed by atoms with E-state index in [0.29, 0.717) is 5.69 Å². The first-order chi connectivity index (χ1) is 14.8. The van der Waals surface area contributed by atoms with Crippen LogP contribution in [0.3, 0.4) is 0 Å². The van der Waals surface area contributed by atoms with E-state index in [-0.39, 0.29) is 22.7 Å². The van der Waals surface area contributed by atoms with E-state index < -0.39 is 27.1 Å². The zero-order valence-electron chi connectivity index (χ0n) is 15.4. The summed E-state index contributed by atoms with van der Waals surface area (Å²) in [5.41, 5.74) is -0.683. The number of hydrogen-bond acceptors (Lipinski definition) is 7. The smallest absolute Gasteiger partial charge is 0.287 e. The van der Waals surface area contributed by atoms with Gasteiger partial charge in [-0.05, 0) is 42.5 Å². The maximum Gasteiger partial charge on any atom is 0.287 e. The molecule has 0 aliphatic heterocycles. The first-order valence-electron chi connectivity index (χ1n) is 8.50. The van der Waals surface area contributed by atoms with E-state index in [9.17, 15) is 30.3 Å². The highest BCUT2D eigenvalue weighted by Gasteiger charge is 2.22. The van der Waals surface area contributed by atoms with Gasteiger partial charge in [0.1, 0.15) is 23.2 Å². The molecule has 154 valence electrons. The highest BCUT2D eigenvalue weighted by Crippen LogP contribution is 2.34. The minimum Gasteiger partial charge on any atom is -0.456 e. The van der Waals surface area contributed by atoms with Crippen molar-refractivity contribution in [2.24, 2.45) is 0 Å². The molecule has 0 saturated heterocycles. The number of nitrogens with one attached hydrogen (secondary N) is 1. The van der Waals surface area contributed by atoms with Crippen LogP contribution in [0, 0.1) is 31.6 Å². The van der Waals surface area contributed by atoms with Crippen molar-refractivity contribution < 1.29 is 19.1 Å². The van der Waals surface area contributed by atoms with Crippen LogP contribution in [0.2, 0.25) is 0 Å². The Morgan fingerprint density at radius 1 is 1.06 bits per heavy atom. The van der Waals surface area contributed by atoms with Gasteiger partial charge in [-0.1, -0.05) is 15.9 Å². The number of nitro groups is 2. The average molecular weight is 483 g/mol. The minimum absolute atomic E-state index is 0.0214. The van der Waals surface area contributed by atoms with Gasteiger partial charge in [0.15, 0.2) is 0 Å². The zero-order valence-corrected chi connectivity index (χ0v) is 17.0. The number of halogens is 1. The minimum atomic E-state index is -0.757. The molecule has 0 aliphatic carbocycles. The van der Waals surface area contributed by atoms with Gasteiger partial charge in [0.2, 0.25) is 0 Å². The van der Waals surface area contributed by atoms with Crippen molar-refractivity contribution >= 4 is 45.0 Å². The van der Waals surface area contributed by atoms with Crippen molar-refractivity contribution in [1.82, 2.24) is 0 Å². The van der Waals surface area contributed by atoms with Crippen LogP contribution < -0.4 is 5.32 Å². The molecule has 3 rings (SSSR count). The lowest BCUT2D eigenvalue weighted by atomic mass is 10.1. The Hall–Kier alpha value is -4.30. The van der Waals surface area contributed by atoms with E-state index >= 15 is 0 Å². The van der Waals surface area contributed by atoms with Gasteiger partial charge in [0.05, 0.1) is 21.5 Å². The third-order valence-electron chi connectivity index (χ3n) is 4.03. The highest BCUT2D eigenvalue weighted by atomic mass is 79.9. The summed E-state index contributed by atoms with van der Waals surface area (Å²) in [6.45, 7) is 0. The average Bonchev–Trinajstić information content (AvgIpc) is 3.21. The van der Waals surface area contributed by atoms with Crippen molar-refractivity contribution in [3.05, 3.63) is 90.6 Å². The van der Waals surface area contributed by atoms with Crippen molar-refractivity contribution in [3.63, 3.8) is 0 Å². The number of rotatable bonds is 6. The molecule has 1 N–H and O–H groups in total. The van der Waals surface area contributed by atoms with Gasteiger partial charge in [-0.25, -0.2) is 0 Å². The highest BCUT2D eigenvalue weighted by molar-refractivity contribution is 9.10. The molecule has 0 saturated carbocycles. The molecule has 2 aromatic carbocycles. The van der Waals surface area contributed by atoms with E-state index in [1.807, 2.05) is 0 Å².